The molecule has 0 saturated carbocycles. The van der Waals surface area contributed by atoms with Gasteiger partial charge in [0.05, 0.1) is 34.2 Å². The molecule has 0 atom stereocenters. The molecular formula is C56H34N4. The molecular weight excluding hydrogens is 729 g/mol. The van der Waals surface area contributed by atoms with Crippen LogP contribution in [0.25, 0.3) is 121 Å². The maximum Gasteiger partial charge on any atom is 0.0893 e. The Morgan fingerprint density at radius 2 is 0.783 bits per heavy atom. The van der Waals surface area contributed by atoms with Crippen molar-refractivity contribution in [3.05, 3.63) is 207 Å². The fourth-order valence-electron chi connectivity index (χ4n) is 9.13. The number of hydrogen-bond acceptors (Lipinski definition) is 4. The molecule has 0 saturated heterocycles. The average Bonchev–Trinajstić information content (AvgIpc) is 3.32. The highest BCUT2D eigenvalue weighted by molar-refractivity contribution is 6.25. The quantitative estimate of drug-likeness (QED) is 0.129. The smallest absolute Gasteiger partial charge is 0.0893 e. The van der Waals surface area contributed by atoms with Gasteiger partial charge < -0.3 is 0 Å². The van der Waals surface area contributed by atoms with Crippen LogP contribution in [-0.4, -0.2) is 19.9 Å². The van der Waals surface area contributed by atoms with Crippen molar-refractivity contribution in [2.75, 3.05) is 0 Å². The summed E-state index contributed by atoms with van der Waals surface area (Å²) in [5, 5.41) is 14.5. The Balaban J connectivity index is 1.15. The van der Waals surface area contributed by atoms with Crippen molar-refractivity contribution in [3.8, 4) is 56.4 Å². The summed E-state index contributed by atoms with van der Waals surface area (Å²) in [5.41, 5.74) is 9.55. The zero-order valence-corrected chi connectivity index (χ0v) is 32.4. The highest BCUT2D eigenvalue weighted by atomic mass is 14.8. The van der Waals surface area contributed by atoms with Gasteiger partial charge in [0.1, 0.15) is 0 Å². The molecule has 60 heavy (non-hydrogen) atoms. The molecule has 278 valence electrons. The van der Waals surface area contributed by atoms with Gasteiger partial charge in [-0.25, -0.2) is 9.97 Å². The number of fused-ring (bicyclic) bond motifs is 8. The summed E-state index contributed by atoms with van der Waals surface area (Å²) < 4.78 is 0. The standard InChI is InChI=1S/C56H34N4/c1-2-13-36-31-46-38(30-35(36)12-1)24-25-42-41(46)16-9-17-44(42)56-40-15-4-3-14-37(40)32-48-45(56)27-26-43-47(48)33-39(50-20-10-22-54(59-50)52-18-5-7-28-57-52)34-49(43)51-21-11-23-55(60-51)53-19-6-8-29-58-53/h1-34H. The van der Waals surface area contributed by atoms with Crippen LogP contribution in [0.2, 0.25) is 0 Å². The summed E-state index contributed by atoms with van der Waals surface area (Å²) in [7, 11) is 0. The topological polar surface area (TPSA) is 51.6 Å². The van der Waals surface area contributed by atoms with E-state index in [0.29, 0.717) is 0 Å². The summed E-state index contributed by atoms with van der Waals surface area (Å²) in [5.74, 6) is 0. The monoisotopic (exact) mass is 762 g/mol. The number of nitrogens with zero attached hydrogens (tertiary/aromatic N) is 4. The van der Waals surface area contributed by atoms with Crippen LogP contribution in [0.15, 0.2) is 207 Å². The molecule has 12 rings (SSSR count). The third-order valence-corrected chi connectivity index (χ3v) is 11.9. The van der Waals surface area contributed by atoms with Gasteiger partial charge in [0.15, 0.2) is 0 Å². The van der Waals surface area contributed by atoms with Crippen LogP contribution < -0.4 is 0 Å². The molecule has 4 heteroatoms. The lowest BCUT2D eigenvalue weighted by atomic mass is 9.85. The molecule has 0 amide bonds. The van der Waals surface area contributed by atoms with Gasteiger partial charge in [-0.05, 0) is 155 Å². The van der Waals surface area contributed by atoms with Gasteiger partial charge in [-0.15, -0.1) is 0 Å². The van der Waals surface area contributed by atoms with Crippen molar-refractivity contribution in [1.29, 1.82) is 0 Å². The Kier molecular flexibility index (Phi) is 7.82. The molecule has 0 spiro atoms. The first-order chi connectivity index (χ1) is 29.7. The highest BCUT2D eigenvalue weighted by Crippen LogP contribution is 2.45. The van der Waals surface area contributed by atoms with Crippen LogP contribution in [0.1, 0.15) is 0 Å². The maximum absolute atomic E-state index is 5.24. The second-order valence-electron chi connectivity index (χ2n) is 15.4. The molecule has 0 N–H and O–H groups in total. The zero-order valence-electron chi connectivity index (χ0n) is 32.4. The van der Waals surface area contributed by atoms with E-state index in [0.717, 1.165) is 56.1 Å². The van der Waals surface area contributed by atoms with Gasteiger partial charge in [0.25, 0.3) is 0 Å². The molecule has 0 bridgehead atoms. The lowest BCUT2D eigenvalue weighted by Crippen LogP contribution is -1.94. The fourth-order valence-corrected chi connectivity index (χ4v) is 9.13. The van der Waals surface area contributed by atoms with E-state index >= 15 is 0 Å². The van der Waals surface area contributed by atoms with E-state index in [1.54, 1.807) is 0 Å². The van der Waals surface area contributed by atoms with E-state index < -0.39 is 0 Å². The predicted octanol–water partition coefficient (Wildman–Crippen LogP) is 14.5. The van der Waals surface area contributed by atoms with E-state index in [-0.39, 0.29) is 0 Å². The van der Waals surface area contributed by atoms with Crippen molar-refractivity contribution in [2.45, 2.75) is 0 Å². The average molecular weight is 763 g/mol. The first-order valence-electron chi connectivity index (χ1n) is 20.3. The van der Waals surface area contributed by atoms with E-state index in [4.69, 9.17) is 9.97 Å². The van der Waals surface area contributed by atoms with Crippen LogP contribution in [0, 0.1) is 0 Å². The third-order valence-electron chi connectivity index (χ3n) is 11.9. The van der Waals surface area contributed by atoms with Crippen molar-refractivity contribution in [1.82, 2.24) is 19.9 Å². The minimum Gasteiger partial charge on any atom is -0.255 e. The molecule has 0 aliphatic rings. The van der Waals surface area contributed by atoms with E-state index in [1.807, 2.05) is 60.9 Å². The van der Waals surface area contributed by atoms with Crippen LogP contribution >= 0.6 is 0 Å². The van der Waals surface area contributed by atoms with Gasteiger partial charge >= 0.3 is 0 Å². The molecule has 4 aromatic heterocycles. The van der Waals surface area contributed by atoms with Gasteiger partial charge in [0, 0.05) is 23.5 Å². The van der Waals surface area contributed by atoms with E-state index in [9.17, 15) is 0 Å². The maximum atomic E-state index is 5.24. The largest absolute Gasteiger partial charge is 0.255 e. The Morgan fingerprint density at radius 1 is 0.250 bits per heavy atom. The van der Waals surface area contributed by atoms with Crippen molar-refractivity contribution in [2.24, 2.45) is 0 Å². The predicted molar refractivity (Wildman–Crippen MR) is 250 cm³/mol. The molecule has 4 nitrogen and oxygen atoms in total. The molecule has 0 aliphatic heterocycles. The molecule has 0 aliphatic carbocycles. The van der Waals surface area contributed by atoms with Gasteiger partial charge in [0.2, 0.25) is 0 Å². The molecule has 0 unspecified atom stereocenters. The molecule has 8 aromatic carbocycles. The molecule has 12 aromatic rings. The van der Waals surface area contributed by atoms with Crippen molar-refractivity contribution in [3.63, 3.8) is 0 Å². The fraction of sp³-hybridized carbons (Fsp3) is 0. The lowest BCUT2D eigenvalue weighted by molar-refractivity contribution is 1.24. The van der Waals surface area contributed by atoms with Crippen molar-refractivity contribution >= 4 is 64.6 Å². The normalized spacial score (nSPS) is 11.7. The summed E-state index contributed by atoms with van der Waals surface area (Å²) in [6.45, 7) is 0. The Bertz CT molecular complexity index is 3650. The Morgan fingerprint density at radius 3 is 1.55 bits per heavy atom. The number of aromatic nitrogens is 4. The van der Waals surface area contributed by atoms with Crippen LogP contribution in [0.5, 0.6) is 0 Å². The van der Waals surface area contributed by atoms with Gasteiger partial charge in [-0.2, -0.15) is 0 Å². The summed E-state index contributed by atoms with van der Waals surface area (Å²) in [6, 6.07) is 69.3. The second-order valence-corrected chi connectivity index (χ2v) is 15.4. The van der Waals surface area contributed by atoms with Crippen LogP contribution in [0.4, 0.5) is 0 Å². The molecule has 0 fully saturated rings. The first kappa shape index (κ1) is 34.0. The molecule has 0 radical (unpaired) electrons. The SMILES string of the molecule is c1ccc(-c2cccc(-c3cc(-c4cccc(-c5ccccn5)n4)c4ccc5c(-c6cccc7c6ccc6cc8ccccc8cc67)c6ccccc6cc5c4c3)n2)nc1. The van der Waals surface area contributed by atoms with E-state index in [2.05, 4.69) is 156 Å². The molecule has 4 heterocycles. The Labute approximate surface area is 346 Å². The Hall–Kier alpha value is -8.08. The van der Waals surface area contributed by atoms with E-state index in [1.165, 1.54) is 65.0 Å². The summed E-state index contributed by atoms with van der Waals surface area (Å²) in [6.07, 6.45) is 3.63. The van der Waals surface area contributed by atoms with Gasteiger partial charge in [-0.1, -0.05) is 115 Å². The zero-order chi connectivity index (χ0) is 39.6. The number of benzene rings is 8. The summed E-state index contributed by atoms with van der Waals surface area (Å²) in [4.78, 5) is 19.7. The minimum absolute atomic E-state index is 0.826. The summed E-state index contributed by atoms with van der Waals surface area (Å²) >= 11 is 0. The number of pyridine rings is 4. The minimum atomic E-state index is 0.826. The highest BCUT2D eigenvalue weighted by Gasteiger charge is 2.19. The van der Waals surface area contributed by atoms with Crippen molar-refractivity contribution < 1.29 is 0 Å². The van der Waals surface area contributed by atoms with Crippen LogP contribution in [0.3, 0.4) is 0 Å². The number of hydrogen-bond donors (Lipinski definition) is 0. The first-order valence-corrected chi connectivity index (χ1v) is 20.3. The van der Waals surface area contributed by atoms with Gasteiger partial charge in [-0.3, -0.25) is 9.97 Å². The second kappa shape index (κ2) is 13.8. The van der Waals surface area contributed by atoms with Crippen LogP contribution in [-0.2, 0) is 0 Å². The third kappa shape index (κ3) is 5.61. The number of rotatable bonds is 5. The lowest BCUT2D eigenvalue weighted by Gasteiger charge is -2.18.